The highest BCUT2D eigenvalue weighted by Crippen LogP contribution is 2.33. The molecule has 0 bridgehead atoms. The van der Waals surface area contributed by atoms with Gasteiger partial charge in [-0.3, -0.25) is 4.79 Å². The summed E-state index contributed by atoms with van der Waals surface area (Å²) in [4.78, 5) is 16.9. The van der Waals surface area contributed by atoms with Gasteiger partial charge in [-0.15, -0.1) is 0 Å². The van der Waals surface area contributed by atoms with Crippen LogP contribution in [0.2, 0.25) is 0 Å². The van der Waals surface area contributed by atoms with Gasteiger partial charge in [0.2, 0.25) is 5.89 Å². The summed E-state index contributed by atoms with van der Waals surface area (Å²) in [7, 11) is 1.59. The van der Waals surface area contributed by atoms with Gasteiger partial charge >= 0.3 is 0 Å². The highest BCUT2D eigenvalue weighted by Gasteiger charge is 2.14. The first-order valence-electron chi connectivity index (χ1n) is 10.1. The van der Waals surface area contributed by atoms with Crippen molar-refractivity contribution in [3.63, 3.8) is 0 Å². The monoisotopic (exact) mass is 427 g/mol. The molecule has 0 saturated carbocycles. The van der Waals surface area contributed by atoms with Gasteiger partial charge in [0.15, 0.2) is 17.3 Å². The second kappa shape index (κ2) is 10.6. The lowest BCUT2D eigenvalue weighted by molar-refractivity contribution is 0.0982. The highest BCUT2D eigenvalue weighted by molar-refractivity contribution is 5.96. The van der Waals surface area contributed by atoms with Crippen molar-refractivity contribution in [2.24, 2.45) is 0 Å². The molecule has 0 radical (unpaired) electrons. The Labute approximate surface area is 181 Å². The molecule has 0 aliphatic carbocycles. The number of ether oxygens (including phenoxy) is 3. The number of alkyl halides is 1. The van der Waals surface area contributed by atoms with Gasteiger partial charge in [0.25, 0.3) is 0 Å². The Kier molecular flexibility index (Phi) is 7.65. The molecule has 7 heteroatoms. The molecule has 3 aromatic rings. The summed E-state index contributed by atoms with van der Waals surface area (Å²) >= 11 is 0. The molecule has 0 aliphatic heterocycles. The first-order valence-corrected chi connectivity index (χ1v) is 10.1. The maximum Gasteiger partial charge on any atom is 0.226 e. The van der Waals surface area contributed by atoms with Crippen LogP contribution >= 0.6 is 0 Å². The van der Waals surface area contributed by atoms with E-state index in [0.717, 1.165) is 5.56 Å². The quantitative estimate of drug-likeness (QED) is 0.387. The molecule has 0 saturated heterocycles. The Balaban J connectivity index is 1.63. The minimum Gasteiger partial charge on any atom is -0.493 e. The smallest absolute Gasteiger partial charge is 0.226 e. The van der Waals surface area contributed by atoms with Crippen molar-refractivity contribution in [3.05, 3.63) is 60.0 Å². The lowest BCUT2D eigenvalue weighted by atomic mass is 10.1. The number of rotatable bonds is 11. The molecule has 0 N–H and O–H groups in total. The molecule has 1 heterocycles. The van der Waals surface area contributed by atoms with E-state index >= 15 is 0 Å². The van der Waals surface area contributed by atoms with E-state index in [-0.39, 0.29) is 18.5 Å². The minimum atomic E-state index is -0.553. The zero-order valence-corrected chi connectivity index (χ0v) is 17.9. The van der Waals surface area contributed by atoms with E-state index in [1.54, 1.807) is 43.7 Å². The van der Waals surface area contributed by atoms with E-state index in [4.69, 9.17) is 18.6 Å². The van der Waals surface area contributed by atoms with Crippen molar-refractivity contribution in [1.29, 1.82) is 0 Å². The van der Waals surface area contributed by atoms with E-state index in [0.29, 0.717) is 47.2 Å². The Morgan fingerprint density at radius 3 is 2.58 bits per heavy atom. The average Bonchev–Trinajstić information content (AvgIpc) is 3.25. The first kappa shape index (κ1) is 22.3. The molecular formula is C24H26FNO5. The van der Waals surface area contributed by atoms with Crippen molar-refractivity contribution in [3.8, 4) is 28.7 Å². The molecule has 0 aliphatic rings. The molecule has 164 valence electrons. The number of hydrogen-bond acceptors (Lipinski definition) is 6. The largest absolute Gasteiger partial charge is 0.493 e. The van der Waals surface area contributed by atoms with Gasteiger partial charge in [-0.1, -0.05) is 0 Å². The predicted octanol–water partition coefficient (Wildman–Crippen LogP) is 5.30. The van der Waals surface area contributed by atoms with E-state index in [2.05, 4.69) is 4.98 Å². The van der Waals surface area contributed by atoms with Gasteiger partial charge in [0.1, 0.15) is 25.3 Å². The second-order valence-electron chi connectivity index (χ2n) is 7.16. The number of carbonyl (C=O) groups is 1. The van der Waals surface area contributed by atoms with Crippen molar-refractivity contribution in [2.45, 2.75) is 32.8 Å². The van der Waals surface area contributed by atoms with Crippen LogP contribution in [-0.4, -0.2) is 37.3 Å². The molecule has 1 aromatic heterocycles. The number of ketones is 1. The summed E-state index contributed by atoms with van der Waals surface area (Å²) < 4.78 is 34.1. The van der Waals surface area contributed by atoms with Gasteiger partial charge in [-0.2, -0.15) is 0 Å². The summed E-state index contributed by atoms with van der Waals surface area (Å²) in [5, 5.41) is 0. The summed E-state index contributed by atoms with van der Waals surface area (Å²) in [6, 6.07) is 12.2. The normalized spacial score (nSPS) is 10.9. The Hall–Kier alpha value is -3.35. The third-order valence-electron chi connectivity index (χ3n) is 4.46. The van der Waals surface area contributed by atoms with Crippen LogP contribution in [-0.2, 0) is 6.42 Å². The Bertz CT molecular complexity index is 997. The fourth-order valence-corrected chi connectivity index (χ4v) is 2.99. The first-order chi connectivity index (χ1) is 15.0. The third kappa shape index (κ3) is 6.07. The lowest BCUT2D eigenvalue weighted by Crippen LogP contribution is -2.06. The Morgan fingerprint density at radius 1 is 1.13 bits per heavy atom. The number of aromatic nitrogens is 1. The standard InChI is InChI=1S/C24H26FNO5/c1-16(2)31-23-14-18(6-11-22(23)28-3)24-26-19(15-30-24)7-10-21(27)17-4-8-20(9-5-17)29-13-12-25/h4-6,8-9,11,14-16H,7,10,12-13H2,1-3H3. The van der Waals surface area contributed by atoms with Crippen LogP contribution in [0.15, 0.2) is 53.1 Å². The van der Waals surface area contributed by atoms with Crippen LogP contribution in [0.25, 0.3) is 11.5 Å². The number of benzene rings is 2. The number of methoxy groups -OCH3 is 1. The molecular weight excluding hydrogens is 401 g/mol. The third-order valence-corrected chi connectivity index (χ3v) is 4.46. The van der Waals surface area contributed by atoms with Crippen LogP contribution in [0.1, 0.15) is 36.3 Å². The van der Waals surface area contributed by atoms with E-state index in [1.165, 1.54) is 0 Å². The van der Waals surface area contributed by atoms with Crippen molar-refractivity contribution in [2.75, 3.05) is 20.4 Å². The zero-order chi connectivity index (χ0) is 22.2. The highest BCUT2D eigenvalue weighted by atomic mass is 19.1. The number of Topliss-reactive ketones (excluding diaryl/α,β-unsaturated/α-hetero) is 1. The topological polar surface area (TPSA) is 70.8 Å². The van der Waals surface area contributed by atoms with Gasteiger partial charge in [0, 0.05) is 24.0 Å². The summed E-state index contributed by atoms with van der Waals surface area (Å²) in [6.45, 7) is 3.33. The van der Waals surface area contributed by atoms with Crippen molar-refractivity contribution < 1.29 is 27.8 Å². The second-order valence-corrected chi connectivity index (χ2v) is 7.16. The van der Waals surface area contributed by atoms with Crippen molar-refractivity contribution >= 4 is 5.78 Å². The van der Waals surface area contributed by atoms with Crippen LogP contribution in [0.5, 0.6) is 17.2 Å². The van der Waals surface area contributed by atoms with Crippen LogP contribution in [0, 0.1) is 0 Å². The lowest BCUT2D eigenvalue weighted by Gasteiger charge is -2.13. The number of nitrogens with zero attached hydrogens (tertiary/aromatic N) is 1. The van der Waals surface area contributed by atoms with E-state index in [1.807, 2.05) is 26.0 Å². The summed E-state index contributed by atoms with van der Waals surface area (Å²) in [5.74, 6) is 2.22. The summed E-state index contributed by atoms with van der Waals surface area (Å²) in [5.41, 5.74) is 2.02. The SMILES string of the molecule is COc1ccc(-c2nc(CCC(=O)c3ccc(OCCF)cc3)co2)cc1OC(C)C. The molecule has 0 amide bonds. The molecule has 0 unspecified atom stereocenters. The Morgan fingerprint density at radius 2 is 1.90 bits per heavy atom. The molecule has 31 heavy (non-hydrogen) atoms. The van der Waals surface area contributed by atoms with Gasteiger partial charge < -0.3 is 18.6 Å². The fourth-order valence-electron chi connectivity index (χ4n) is 2.99. The maximum atomic E-state index is 12.4. The fraction of sp³-hybridized carbons (Fsp3) is 0.333. The predicted molar refractivity (Wildman–Crippen MR) is 115 cm³/mol. The van der Waals surface area contributed by atoms with Crippen molar-refractivity contribution in [1.82, 2.24) is 4.98 Å². The van der Waals surface area contributed by atoms with Gasteiger partial charge in [-0.05, 0) is 56.3 Å². The number of halogens is 1. The van der Waals surface area contributed by atoms with Gasteiger partial charge in [0.05, 0.1) is 18.9 Å². The average molecular weight is 427 g/mol. The van der Waals surface area contributed by atoms with E-state index < -0.39 is 6.67 Å². The number of aryl methyl sites for hydroxylation is 1. The van der Waals surface area contributed by atoms with Gasteiger partial charge in [-0.25, -0.2) is 9.37 Å². The minimum absolute atomic E-state index is 0.000364. The number of carbonyl (C=O) groups excluding carboxylic acids is 1. The van der Waals surface area contributed by atoms with Crippen LogP contribution in [0.4, 0.5) is 4.39 Å². The molecule has 0 spiro atoms. The molecule has 0 atom stereocenters. The van der Waals surface area contributed by atoms with Crippen LogP contribution < -0.4 is 14.2 Å². The van der Waals surface area contributed by atoms with Crippen LogP contribution in [0.3, 0.4) is 0 Å². The molecule has 6 nitrogen and oxygen atoms in total. The molecule has 2 aromatic carbocycles. The molecule has 3 rings (SSSR count). The number of oxazole rings is 1. The zero-order valence-electron chi connectivity index (χ0n) is 17.9. The molecule has 0 fully saturated rings. The summed E-state index contributed by atoms with van der Waals surface area (Å²) in [6.07, 6.45) is 2.30. The maximum absolute atomic E-state index is 12.4. The van der Waals surface area contributed by atoms with E-state index in [9.17, 15) is 9.18 Å². The number of hydrogen-bond donors (Lipinski definition) is 0.